The van der Waals surface area contributed by atoms with Crippen LogP contribution in [-0.4, -0.2) is 102 Å². The Bertz CT molecular complexity index is 2480. The minimum Gasteiger partial charge on any atom is -0.410 e. The Morgan fingerprint density at radius 1 is 0.618 bits per heavy atom. The van der Waals surface area contributed by atoms with Crippen molar-refractivity contribution in [1.29, 1.82) is 0 Å². The molecule has 0 amide bonds. The molecule has 6 fully saturated rings. The van der Waals surface area contributed by atoms with E-state index in [2.05, 4.69) is 200 Å². The summed E-state index contributed by atoms with van der Waals surface area (Å²) in [5, 5.41) is 4.78. The van der Waals surface area contributed by atoms with Crippen molar-refractivity contribution in [2.24, 2.45) is 23.7 Å². The van der Waals surface area contributed by atoms with Gasteiger partial charge in [-0.25, -0.2) is 0 Å². The van der Waals surface area contributed by atoms with Crippen LogP contribution < -0.4 is 10.4 Å². The molecular formula is C65H94O9Si2. The zero-order valence-electron chi connectivity index (χ0n) is 48.7. The third-order valence-corrected chi connectivity index (χ3v) is 30.9. The van der Waals surface area contributed by atoms with Crippen molar-refractivity contribution in [2.45, 2.75) is 236 Å². The van der Waals surface area contributed by atoms with Gasteiger partial charge in [-0.15, -0.1) is 0 Å². The maximum Gasteiger partial charge on any atom is 0.261 e. The summed E-state index contributed by atoms with van der Waals surface area (Å²) in [4.78, 5) is 0. The summed E-state index contributed by atoms with van der Waals surface area (Å²) in [7, 11) is -5.39. The van der Waals surface area contributed by atoms with Gasteiger partial charge in [0.1, 0.15) is 11.7 Å². The molecule has 16 atom stereocenters. The topological polar surface area (TPSA) is 83.1 Å². The summed E-state index contributed by atoms with van der Waals surface area (Å²) in [6.07, 6.45) is 2.84. The van der Waals surface area contributed by atoms with Crippen molar-refractivity contribution >= 4 is 37.8 Å². The van der Waals surface area contributed by atoms with E-state index in [1.165, 1.54) is 21.1 Å². The highest BCUT2D eigenvalue weighted by Gasteiger charge is 2.62. The number of fused-ring (bicyclic) bond motifs is 5. The molecule has 4 aromatic carbocycles. The first-order chi connectivity index (χ1) is 36.2. The lowest BCUT2D eigenvalue weighted by molar-refractivity contribution is -0.342. The predicted octanol–water partition coefficient (Wildman–Crippen LogP) is 13.3. The molecule has 416 valence electrons. The van der Waals surface area contributed by atoms with E-state index in [9.17, 15) is 0 Å². The SMILES string of the molecule is CC(C)[Si](O[C@@H]1C[C@@H]2O[C@@H]3C[C@@H]4O[C@@H]5[C@@H](C)[C@H](C)[C@@]6(CCCO6)O[C@H]5[C@@H](OCc5ccc6ccccc6c5)[C@H](C)[C@H]4O[C@H]3C[C@@H](C)C[C@H]2O[C@@]1(C)CO[Si](c1ccccc1)(c1ccccc1)C(C)(C)C)(C(C)C)C(C)C. The van der Waals surface area contributed by atoms with Gasteiger partial charge in [0.05, 0.1) is 74.8 Å². The van der Waals surface area contributed by atoms with Crippen molar-refractivity contribution in [3.63, 3.8) is 0 Å². The number of benzene rings is 4. The molecule has 6 aliphatic rings. The molecule has 11 heteroatoms. The summed E-state index contributed by atoms with van der Waals surface area (Å²) >= 11 is 0. The van der Waals surface area contributed by atoms with Gasteiger partial charge in [-0.2, -0.15) is 0 Å². The fraction of sp³-hybridized carbons (Fsp3) is 0.662. The molecule has 9 nitrogen and oxygen atoms in total. The van der Waals surface area contributed by atoms with E-state index in [0.29, 0.717) is 48.8 Å². The lowest BCUT2D eigenvalue weighted by atomic mass is 9.76. The lowest BCUT2D eigenvalue weighted by Crippen LogP contribution is -2.70. The fourth-order valence-corrected chi connectivity index (χ4v) is 26.1. The Kier molecular flexibility index (Phi) is 16.6. The van der Waals surface area contributed by atoms with Crippen LogP contribution in [0.3, 0.4) is 0 Å². The molecule has 0 aromatic heterocycles. The zero-order chi connectivity index (χ0) is 54.0. The molecule has 76 heavy (non-hydrogen) atoms. The van der Waals surface area contributed by atoms with Gasteiger partial charge in [0.2, 0.25) is 8.32 Å². The van der Waals surface area contributed by atoms with Crippen LogP contribution in [0, 0.1) is 23.7 Å². The largest absolute Gasteiger partial charge is 0.410 e. The van der Waals surface area contributed by atoms with Crippen LogP contribution in [-0.2, 0) is 48.6 Å². The first-order valence-corrected chi connectivity index (χ1v) is 33.7. The Labute approximate surface area is 459 Å². The molecule has 0 N–H and O–H groups in total. The maximum absolute atomic E-state index is 8.03. The van der Waals surface area contributed by atoms with Gasteiger partial charge < -0.3 is 42.0 Å². The summed E-state index contributed by atoms with van der Waals surface area (Å²) in [5.41, 5.74) is 1.56. The molecular weight excluding hydrogens is 981 g/mol. The average molecular weight is 1080 g/mol. The lowest BCUT2D eigenvalue weighted by Gasteiger charge is -2.56. The Balaban J connectivity index is 0.969. The highest BCUT2D eigenvalue weighted by atomic mass is 28.4. The van der Waals surface area contributed by atoms with E-state index in [1.54, 1.807) is 0 Å². The van der Waals surface area contributed by atoms with Gasteiger partial charge in [-0.05, 0) is 92.5 Å². The number of hydrogen-bond donors (Lipinski definition) is 0. The van der Waals surface area contributed by atoms with Gasteiger partial charge in [-0.3, -0.25) is 0 Å². The molecule has 6 heterocycles. The minimum atomic E-state index is -2.94. The van der Waals surface area contributed by atoms with E-state index in [0.717, 1.165) is 37.7 Å². The second-order valence-corrected chi connectivity index (χ2v) is 36.4. The first-order valence-electron chi connectivity index (χ1n) is 29.7. The van der Waals surface area contributed by atoms with E-state index in [1.807, 2.05) is 0 Å². The van der Waals surface area contributed by atoms with Crippen molar-refractivity contribution in [3.8, 4) is 0 Å². The summed E-state index contributed by atoms with van der Waals surface area (Å²) in [6.45, 7) is 34.6. The maximum atomic E-state index is 8.03. The summed E-state index contributed by atoms with van der Waals surface area (Å²) in [5.74, 6) is -0.0618. The van der Waals surface area contributed by atoms with Crippen LogP contribution in [0.5, 0.6) is 0 Å². The van der Waals surface area contributed by atoms with Crippen molar-refractivity contribution in [1.82, 2.24) is 0 Å². The van der Waals surface area contributed by atoms with Crippen molar-refractivity contribution in [2.75, 3.05) is 13.2 Å². The highest BCUT2D eigenvalue weighted by molar-refractivity contribution is 6.99. The van der Waals surface area contributed by atoms with Crippen LogP contribution in [0.25, 0.3) is 10.8 Å². The molecule has 0 radical (unpaired) electrons. The number of hydrogen-bond acceptors (Lipinski definition) is 9. The second kappa shape index (κ2) is 22.3. The minimum absolute atomic E-state index is 0.0258. The molecule has 0 bridgehead atoms. The van der Waals surface area contributed by atoms with Crippen LogP contribution in [0.15, 0.2) is 103 Å². The van der Waals surface area contributed by atoms with E-state index >= 15 is 0 Å². The third-order valence-electron chi connectivity index (χ3n) is 19.8. The zero-order valence-corrected chi connectivity index (χ0v) is 50.7. The van der Waals surface area contributed by atoms with Gasteiger partial charge >= 0.3 is 0 Å². The average Bonchev–Trinajstić information content (AvgIpc) is 3.84. The third kappa shape index (κ3) is 10.3. The monoisotopic (exact) mass is 1070 g/mol. The molecule has 6 saturated heterocycles. The van der Waals surface area contributed by atoms with E-state index in [4.69, 9.17) is 42.0 Å². The van der Waals surface area contributed by atoms with Crippen molar-refractivity contribution < 1.29 is 42.0 Å². The Hall–Kier alpha value is -2.79. The van der Waals surface area contributed by atoms with Crippen LogP contribution >= 0.6 is 0 Å². The molecule has 0 saturated carbocycles. The standard InChI is InChI=1S/C65H94O9Si2/c1-41(2)75(42(3)4,43(5)6)74-58-38-55-56(72-64(58,14)40-68-76(63(11,12)13,51-26-17-15-18-27-51)52-28-19-16-20-29-52)35-44(7)34-53-54(69-55)37-57-59(70-53)46(9)60(66-39-48-30-31-49-24-21-22-25-50(49)36-48)62-61(71-57)45(8)47(10)65(73-62)32-23-33-67-65/h15-22,24-31,36,41-47,53-62H,23,32-35,37-40H2,1-14H3/t44-,45+,46-,47+,53+,54-,55+,56-,57+,58-,59-,60+,61-,62+,64+,65-/m1/s1. The number of ether oxygens (including phenoxy) is 7. The Morgan fingerprint density at radius 3 is 1.83 bits per heavy atom. The molecule has 4 aromatic rings. The van der Waals surface area contributed by atoms with Crippen LogP contribution in [0.2, 0.25) is 21.7 Å². The fourth-order valence-electron chi connectivity index (χ4n) is 15.8. The van der Waals surface area contributed by atoms with Gasteiger partial charge in [0.25, 0.3) is 8.32 Å². The smallest absolute Gasteiger partial charge is 0.261 e. The quantitative estimate of drug-likeness (QED) is 0.122. The molecule has 0 aliphatic carbocycles. The number of rotatable bonds is 13. The summed E-state index contributed by atoms with van der Waals surface area (Å²) in [6, 6.07) is 37.2. The molecule has 6 aliphatic heterocycles. The molecule has 0 unspecified atom stereocenters. The van der Waals surface area contributed by atoms with Gasteiger partial charge in [0.15, 0.2) is 5.79 Å². The molecule has 10 rings (SSSR count). The normalized spacial score (nSPS) is 36.3. The van der Waals surface area contributed by atoms with Crippen LogP contribution in [0.4, 0.5) is 0 Å². The van der Waals surface area contributed by atoms with E-state index in [-0.39, 0.29) is 83.8 Å². The highest BCUT2D eigenvalue weighted by Crippen LogP contribution is 2.53. The summed E-state index contributed by atoms with van der Waals surface area (Å²) < 4.78 is 67.5. The molecule has 1 spiro atoms. The van der Waals surface area contributed by atoms with E-state index < -0.39 is 28.0 Å². The van der Waals surface area contributed by atoms with Gasteiger partial charge in [0, 0.05) is 31.1 Å². The van der Waals surface area contributed by atoms with Gasteiger partial charge in [-0.1, -0.05) is 187 Å². The van der Waals surface area contributed by atoms with Crippen molar-refractivity contribution in [3.05, 3.63) is 109 Å². The second-order valence-electron chi connectivity index (χ2n) is 26.7. The Morgan fingerprint density at radius 2 is 1.21 bits per heavy atom. The first kappa shape index (κ1) is 56.5. The predicted molar refractivity (Wildman–Crippen MR) is 309 cm³/mol. The van der Waals surface area contributed by atoms with Crippen LogP contribution in [0.1, 0.15) is 141 Å².